The van der Waals surface area contributed by atoms with Crippen molar-refractivity contribution in [2.75, 3.05) is 17.3 Å². The van der Waals surface area contributed by atoms with Gasteiger partial charge in [-0.3, -0.25) is 0 Å². The van der Waals surface area contributed by atoms with Crippen LogP contribution in [0, 0.1) is 0 Å². The maximum atomic E-state index is 11.8. The van der Waals surface area contributed by atoms with Crippen LogP contribution < -0.4 is 0 Å². The molecule has 17 heavy (non-hydrogen) atoms. The highest BCUT2D eigenvalue weighted by Crippen LogP contribution is 2.19. The van der Waals surface area contributed by atoms with Crippen molar-refractivity contribution >= 4 is 19.7 Å². The van der Waals surface area contributed by atoms with Crippen molar-refractivity contribution in [2.24, 2.45) is 0 Å². The minimum Gasteiger partial charge on any atom is -0.497 e. The van der Waals surface area contributed by atoms with Gasteiger partial charge in [0.25, 0.3) is 0 Å². The van der Waals surface area contributed by atoms with Gasteiger partial charge in [-0.2, -0.15) is 0 Å². The van der Waals surface area contributed by atoms with E-state index in [-0.39, 0.29) is 17.3 Å². The Morgan fingerprint density at radius 2 is 1.82 bits per heavy atom. The number of hydrogen-bond donors (Lipinski definition) is 0. The third-order valence-electron chi connectivity index (χ3n) is 2.60. The second kappa shape index (κ2) is 4.97. The molecule has 7 heteroatoms. The molecule has 2 unspecified atom stereocenters. The van der Waals surface area contributed by atoms with E-state index in [9.17, 15) is 16.8 Å². The average molecular weight is 282 g/mol. The molecule has 0 aliphatic carbocycles. The molecule has 0 spiro atoms. The van der Waals surface area contributed by atoms with Gasteiger partial charge in [-0.15, -0.1) is 0 Å². The van der Waals surface area contributed by atoms with Gasteiger partial charge in [-0.1, -0.05) is 0 Å². The molecule has 1 aliphatic rings. The third-order valence-corrected chi connectivity index (χ3v) is 7.01. The predicted octanol–water partition coefficient (Wildman–Crippen LogP) is 0.527. The Hall–Kier alpha value is -0.560. The van der Waals surface area contributed by atoms with Crippen LogP contribution in [0.5, 0.6) is 0 Å². The van der Waals surface area contributed by atoms with E-state index in [2.05, 4.69) is 0 Å². The summed E-state index contributed by atoms with van der Waals surface area (Å²) < 4.78 is 51.8. The zero-order valence-electron chi connectivity index (χ0n) is 10.2. The van der Waals surface area contributed by atoms with Crippen molar-refractivity contribution in [2.45, 2.75) is 32.1 Å². The first-order valence-corrected chi connectivity index (χ1v) is 8.88. The summed E-state index contributed by atoms with van der Waals surface area (Å²) in [6.07, 6.45) is 0.812. The summed E-state index contributed by atoms with van der Waals surface area (Å²) in [5.41, 5.74) is 0.896. The topological polar surface area (TPSA) is 77.5 Å². The van der Waals surface area contributed by atoms with Crippen LogP contribution in [0.1, 0.15) is 20.8 Å². The van der Waals surface area contributed by atoms with Crippen molar-refractivity contribution in [3.8, 4) is 0 Å². The van der Waals surface area contributed by atoms with Crippen LogP contribution in [0.3, 0.4) is 0 Å². The van der Waals surface area contributed by atoms with Crippen LogP contribution in [-0.2, 0) is 24.4 Å². The summed E-state index contributed by atoms with van der Waals surface area (Å²) in [4.78, 5) is 0. The first-order valence-electron chi connectivity index (χ1n) is 5.35. The molecule has 5 nitrogen and oxygen atoms in total. The van der Waals surface area contributed by atoms with Crippen molar-refractivity contribution in [3.05, 3.63) is 11.8 Å². The van der Waals surface area contributed by atoms with E-state index in [1.165, 1.54) is 6.26 Å². The SMILES string of the molecule is CC(C)=COC(C)C1CS(=O)(=O)CCS1(=O)=O. The predicted molar refractivity (Wildman–Crippen MR) is 66.2 cm³/mol. The van der Waals surface area contributed by atoms with Crippen molar-refractivity contribution in [3.63, 3.8) is 0 Å². The molecule has 0 aromatic rings. The first-order chi connectivity index (χ1) is 7.64. The monoisotopic (exact) mass is 282 g/mol. The summed E-state index contributed by atoms with van der Waals surface area (Å²) in [5.74, 6) is -0.920. The van der Waals surface area contributed by atoms with E-state index in [4.69, 9.17) is 4.74 Å². The number of hydrogen-bond acceptors (Lipinski definition) is 5. The Balaban J connectivity index is 2.89. The Labute approximate surface area is 103 Å². The zero-order chi connectivity index (χ0) is 13.3. The Kier molecular flexibility index (Phi) is 4.24. The summed E-state index contributed by atoms with van der Waals surface area (Å²) in [5, 5.41) is -0.961. The largest absolute Gasteiger partial charge is 0.497 e. The van der Waals surface area contributed by atoms with Gasteiger partial charge in [0, 0.05) is 0 Å². The number of allylic oxidation sites excluding steroid dienone is 1. The minimum atomic E-state index is -3.38. The van der Waals surface area contributed by atoms with Crippen LogP contribution >= 0.6 is 0 Å². The second-order valence-electron chi connectivity index (χ2n) is 4.56. The lowest BCUT2D eigenvalue weighted by atomic mass is 10.3. The Morgan fingerprint density at radius 3 is 2.35 bits per heavy atom. The smallest absolute Gasteiger partial charge is 0.158 e. The molecule has 1 rings (SSSR count). The molecule has 1 heterocycles. The summed E-state index contributed by atoms with van der Waals surface area (Å²) in [7, 11) is -6.64. The molecule has 0 radical (unpaired) electrons. The highest BCUT2D eigenvalue weighted by Gasteiger charge is 2.40. The van der Waals surface area contributed by atoms with E-state index in [1.54, 1.807) is 6.92 Å². The fourth-order valence-corrected chi connectivity index (χ4v) is 6.88. The van der Waals surface area contributed by atoms with Gasteiger partial charge >= 0.3 is 0 Å². The van der Waals surface area contributed by atoms with E-state index in [0.717, 1.165) is 5.57 Å². The van der Waals surface area contributed by atoms with Crippen LogP contribution in [-0.4, -0.2) is 45.4 Å². The lowest BCUT2D eigenvalue weighted by Crippen LogP contribution is -2.46. The summed E-state index contributed by atoms with van der Waals surface area (Å²) in [6, 6.07) is 0. The van der Waals surface area contributed by atoms with E-state index in [1.807, 2.05) is 13.8 Å². The van der Waals surface area contributed by atoms with Gasteiger partial charge in [0.2, 0.25) is 0 Å². The number of ether oxygens (including phenoxy) is 1. The highest BCUT2D eigenvalue weighted by atomic mass is 32.2. The normalized spacial score (nSPS) is 28.1. The van der Waals surface area contributed by atoms with Gasteiger partial charge < -0.3 is 4.74 Å². The third kappa shape index (κ3) is 3.99. The van der Waals surface area contributed by atoms with Gasteiger partial charge in [-0.05, 0) is 26.3 Å². The minimum absolute atomic E-state index is 0.277. The van der Waals surface area contributed by atoms with E-state index < -0.39 is 31.0 Å². The van der Waals surface area contributed by atoms with E-state index in [0.29, 0.717) is 0 Å². The van der Waals surface area contributed by atoms with Crippen LogP contribution in [0.25, 0.3) is 0 Å². The van der Waals surface area contributed by atoms with Crippen molar-refractivity contribution in [1.29, 1.82) is 0 Å². The summed E-state index contributed by atoms with van der Waals surface area (Å²) >= 11 is 0. The average Bonchev–Trinajstić information content (AvgIpc) is 2.19. The lowest BCUT2D eigenvalue weighted by Gasteiger charge is -2.27. The van der Waals surface area contributed by atoms with Gasteiger partial charge in [-0.25, -0.2) is 16.8 Å². The fourth-order valence-electron chi connectivity index (χ4n) is 1.59. The molecule has 2 atom stereocenters. The molecule has 100 valence electrons. The molecule has 0 aromatic carbocycles. The van der Waals surface area contributed by atoms with Crippen molar-refractivity contribution in [1.82, 2.24) is 0 Å². The second-order valence-corrected chi connectivity index (χ2v) is 9.12. The summed E-state index contributed by atoms with van der Waals surface area (Å²) in [6.45, 7) is 5.22. The van der Waals surface area contributed by atoms with Gasteiger partial charge in [0.15, 0.2) is 19.7 Å². The fraction of sp³-hybridized carbons (Fsp3) is 0.800. The van der Waals surface area contributed by atoms with Crippen LogP contribution in [0.2, 0.25) is 0 Å². The Bertz CT molecular complexity index is 497. The Morgan fingerprint density at radius 1 is 1.24 bits per heavy atom. The molecule has 1 fully saturated rings. The molecule has 0 bridgehead atoms. The zero-order valence-corrected chi connectivity index (χ0v) is 11.8. The number of sulfone groups is 2. The lowest BCUT2D eigenvalue weighted by molar-refractivity contribution is 0.158. The molecular formula is C10H18O5S2. The molecule has 0 saturated carbocycles. The highest BCUT2D eigenvalue weighted by molar-refractivity contribution is 7.98. The van der Waals surface area contributed by atoms with Crippen LogP contribution in [0.15, 0.2) is 11.8 Å². The maximum absolute atomic E-state index is 11.8. The molecule has 1 aliphatic heterocycles. The molecule has 0 amide bonds. The first kappa shape index (κ1) is 14.5. The molecular weight excluding hydrogens is 264 g/mol. The van der Waals surface area contributed by atoms with Crippen molar-refractivity contribution < 1.29 is 21.6 Å². The van der Waals surface area contributed by atoms with Gasteiger partial charge in [0.1, 0.15) is 11.4 Å². The van der Waals surface area contributed by atoms with Crippen LogP contribution in [0.4, 0.5) is 0 Å². The van der Waals surface area contributed by atoms with E-state index >= 15 is 0 Å². The quantitative estimate of drug-likeness (QED) is 0.706. The maximum Gasteiger partial charge on any atom is 0.158 e. The molecule has 1 saturated heterocycles. The molecule has 0 aromatic heterocycles. The number of rotatable bonds is 3. The van der Waals surface area contributed by atoms with Gasteiger partial charge in [0.05, 0.1) is 23.5 Å². The standard InChI is InChI=1S/C10H18O5S2/c1-8(2)6-15-9(3)10-7-16(11,12)4-5-17(10,13)14/h6,9-10H,4-5,7H2,1-3H3. The molecule has 0 N–H and O–H groups in total.